The molecule has 136 valence electrons. The van der Waals surface area contributed by atoms with E-state index in [2.05, 4.69) is 15.3 Å². The SMILES string of the molecule is CC(C)C(=O)Nc1nc(C2=C[NH2+]c3ncc(-c4ccc(F)cc4)cc32)cs1. The van der Waals surface area contributed by atoms with Crippen LogP contribution in [-0.4, -0.2) is 15.9 Å². The Morgan fingerprint density at radius 1 is 1.22 bits per heavy atom. The summed E-state index contributed by atoms with van der Waals surface area (Å²) in [6.45, 7) is 3.69. The maximum Gasteiger partial charge on any atom is 0.237 e. The lowest BCUT2D eigenvalue weighted by Crippen LogP contribution is -2.70. The zero-order valence-electron chi connectivity index (χ0n) is 14.9. The number of carbonyl (C=O) groups excluding carboxylic acids is 1. The Morgan fingerprint density at radius 2 is 2.00 bits per heavy atom. The number of fused-ring (bicyclic) bond motifs is 1. The molecule has 1 amide bonds. The molecule has 4 rings (SSSR count). The zero-order valence-corrected chi connectivity index (χ0v) is 15.7. The number of amides is 1. The number of rotatable bonds is 4. The van der Waals surface area contributed by atoms with Gasteiger partial charge in [-0.05, 0) is 23.8 Å². The summed E-state index contributed by atoms with van der Waals surface area (Å²) in [4.78, 5) is 20.9. The van der Waals surface area contributed by atoms with Crippen LogP contribution in [0.3, 0.4) is 0 Å². The fraction of sp³-hybridized carbons (Fsp3) is 0.150. The summed E-state index contributed by atoms with van der Waals surface area (Å²) in [6, 6.07) is 8.40. The molecule has 1 aliphatic rings. The third-order valence-corrected chi connectivity index (χ3v) is 5.09. The lowest BCUT2D eigenvalue weighted by atomic mass is 10.0. The molecule has 27 heavy (non-hydrogen) atoms. The topological polar surface area (TPSA) is 71.5 Å². The lowest BCUT2D eigenvalue weighted by Gasteiger charge is -2.05. The Labute approximate surface area is 160 Å². The van der Waals surface area contributed by atoms with Gasteiger partial charge in [0.25, 0.3) is 0 Å². The molecular weight excluding hydrogens is 363 g/mol. The molecule has 0 atom stereocenters. The normalized spacial score (nSPS) is 12.8. The molecule has 5 nitrogen and oxygen atoms in total. The predicted molar refractivity (Wildman–Crippen MR) is 104 cm³/mol. The quantitative estimate of drug-likeness (QED) is 0.726. The first-order chi connectivity index (χ1) is 13.0. The first kappa shape index (κ1) is 17.5. The predicted octanol–water partition coefficient (Wildman–Crippen LogP) is 3.54. The molecule has 1 aliphatic heterocycles. The Morgan fingerprint density at radius 3 is 2.74 bits per heavy atom. The molecule has 0 bridgehead atoms. The van der Waals surface area contributed by atoms with Crippen molar-refractivity contribution in [1.29, 1.82) is 0 Å². The van der Waals surface area contributed by atoms with Crippen molar-refractivity contribution in [2.24, 2.45) is 5.92 Å². The van der Waals surface area contributed by atoms with Gasteiger partial charge in [0.15, 0.2) is 5.13 Å². The van der Waals surface area contributed by atoms with Crippen LogP contribution in [0.25, 0.3) is 16.7 Å². The van der Waals surface area contributed by atoms with Crippen LogP contribution >= 0.6 is 11.3 Å². The minimum atomic E-state index is -0.264. The van der Waals surface area contributed by atoms with Crippen LogP contribution in [-0.2, 0) is 4.79 Å². The van der Waals surface area contributed by atoms with Gasteiger partial charge in [-0.1, -0.05) is 26.0 Å². The highest BCUT2D eigenvalue weighted by Gasteiger charge is 2.24. The van der Waals surface area contributed by atoms with E-state index in [0.717, 1.165) is 33.8 Å². The molecule has 0 aliphatic carbocycles. The molecule has 0 fully saturated rings. The fourth-order valence-corrected chi connectivity index (χ4v) is 3.52. The standard InChI is InChI=1S/C20H17FN4OS/c1-11(2)19(26)25-20-24-17(10-27-20)16-9-23-18-15(16)7-13(8-22-18)12-3-5-14(21)6-4-12/h3-11H,1-2H3,(H,22,23)(H,24,25,26)/p+1. The van der Waals surface area contributed by atoms with Gasteiger partial charge in [0.05, 0.1) is 16.8 Å². The summed E-state index contributed by atoms with van der Waals surface area (Å²) in [5.74, 6) is 0.458. The van der Waals surface area contributed by atoms with Crippen LogP contribution in [0.5, 0.6) is 0 Å². The minimum absolute atomic E-state index is 0.0523. The third-order valence-electron chi connectivity index (χ3n) is 4.33. The number of nitrogens with zero attached hydrogens (tertiary/aromatic N) is 2. The van der Waals surface area contributed by atoms with Crippen LogP contribution in [0.15, 0.2) is 48.1 Å². The lowest BCUT2D eigenvalue weighted by molar-refractivity contribution is -0.495. The van der Waals surface area contributed by atoms with Gasteiger partial charge in [-0.15, -0.1) is 11.3 Å². The van der Waals surface area contributed by atoms with Crippen LogP contribution in [0.4, 0.5) is 15.3 Å². The largest absolute Gasteiger partial charge is 0.302 e. The molecule has 0 saturated carbocycles. The van der Waals surface area contributed by atoms with Gasteiger partial charge in [-0.2, -0.15) is 0 Å². The number of benzene rings is 1. The zero-order chi connectivity index (χ0) is 19.0. The van der Waals surface area contributed by atoms with Crippen LogP contribution in [0.1, 0.15) is 25.1 Å². The molecule has 3 N–H and O–H groups in total. The van der Waals surface area contributed by atoms with Gasteiger partial charge in [-0.25, -0.2) is 14.4 Å². The fourth-order valence-electron chi connectivity index (χ4n) is 2.80. The summed E-state index contributed by atoms with van der Waals surface area (Å²) in [5.41, 5.74) is 4.55. The van der Waals surface area contributed by atoms with Crippen molar-refractivity contribution in [3.63, 3.8) is 0 Å². The first-order valence-electron chi connectivity index (χ1n) is 8.59. The average Bonchev–Trinajstić information content (AvgIpc) is 3.28. The van der Waals surface area contributed by atoms with E-state index in [1.807, 2.05) is 36.8 Å². The van der Waals surface area contributed by atoms with Crippen molar-refractivity contribution < 1.29 is 14.5 Å². The number of quaternary nitrogens is 1. The Balaban J connectivity index is 1.63. The Bertz CT molecular complexity index is 1040. The number of aromatic nitrogens is 2. The highest BCUT2D eigenvalue weighted by molar-refractivity contribution is 7.14. The van der Waals surface area contributed by atoms with Crippen molar-refractivity contribution in [2.75, 3.05) is 5.32 Å². The van der Waals surface area contributed by atoms with Gasteiger partial charge in [0.2, 0.25) is 11.7 Å². The molecule has 7 heteroatoms. The smallest absolute Gasteiger partial charge is 0.237 e. The number of pyridine rings is 1. The number of carbonyl (C=O) groups is 1. The van der Waals surface area contributed by atoms with Gasteiger partial charge in [0.1, 0.15) is 12.0 Å². The monoisotopic (exact) mass is 381 g/mol. The van der Waals surface area contributed by atoms with Crippen LogP contribution in [0.2, 0.25) is 0 Å². The van der Waals surface area contributed by atoms with E-state index < -0.39 is 0 Å². The van der Waals surface area contributed by atoms with Crippen molar-refractivity contribution in [1.82, 2.24) is 9.97 Å². The highest BCUT2D eigenvalue weighted by atomic mass is 32.1. The summed E-state index contributed by atoms with van der Waals surface area (Å²) in [7, 11) is 0. The number of thiazole rings is 1. The maximum absolute atomic E-state index is 13.2. The maximum atomic E-state index is 13.2. The Kier molecular flexibility index (Phi) is 4.55. The van der Waals surface area contributed by atoms with Crippen LogP contribution < -0.4 is 10.6 Å². The van der Waals surface area contributed by atoms with Gasteiger partial charge in [0, 0.05) is 23.1 Å². The molecule has 1 aromatic carbocycles. The second kappa shape index (κ2) is 7.02. The van der Waals surface area contributed by atoms with Gasteiger partial charge < -0.3 is 5.32 Å². The molecular formula is C20H18FN4OS+. The summed E-state index contributed by atoms with van der Waals surface area (Å²) >= 11 is 1.40. The molecule has 0 radical (unpaired) electrons. The van der Waals surface area contributed by atoms with Crippen molar-refractivity contribution in [3.05, 3.63) is 65.2 Å². The van der Waals surface area contributed by atoms with E-state index in [0.29, 0.717) is 5.13 Å². The second-order valence-corrected chi connectivity index (χ2v) is 7.45. The number of nitrogens with one attached hydrogen (secondary N) is 1. The molecule has 0 saturated heterocycles. The van der Waals surface area contributed by atoms with E-state index in [4.69, 9.17) is 0 Å². The number of nitrogens with two attached hydrogens (primary N) is 1. The van der Waals surface area contributed by atoms with E-state index in [9.17, 15) is 9.18 Å². The molecule has 2 aromatic heterocycles. The number of hydrogen-bond donors (Lipinski definition) is 2. The average molecular weight is 381 g/mol. The molecule has 0 unspecified atom stereocenters. The summed E-state index contributed by atoms with van der Waals surface area (Å²) in [6.07, 6.45) is 3.77. The number of halogens is 1. The van der Waals surface area contributed by atoms with Crippen molar-refractivity contribution >= 4 is 33.8 Å². The molecule has 0 spiro atoms. The minimum Gasteiger partial charge on any atom is -0.302 e. The molecule has 3 heterocycles. The number of anilines is 1. The second-order valence-electron chi connectivity index (χ2n) is 6.59. The first-order valence-corrected chi connectivity index (χ1v) is 9.47. The van der Waals surface area contributed by atoms with Gasteiger partial charge in [-0.3, -0.25) is 10.1 Å². The van der Waals surface area contributed by atoms with Crippen molar-refractivity contribution in [3.8, 4) is 11.1 Å². The molecule has 3 aromatic rings. The number of hydrogen-bond acceptors (Lipinski definition) is 4. The van der Waals surface area contributed by atoms with E-state index in [1.54, 1.807) is 18.3 Å². The van der Waals surface area contributed by atoms with E-state index in [1.165, 1.54) is 23.5 Å². The van der Waals surface area contributed by atoms with Crippen LogP contribution in [0, 0.1) is 11.7 Å². The third kappa shape index (κ3) is 3.51. The van der Waals surface area contributed by atoms with Crippen molar-refractivity contribution in [2.45, 2.75) is 13.8 Å². The summed E-state index contributed by atoms with van der Waals surface area (Å²) in [5, 5.41) is 7.29. The summed E-state index contributed by atoms with van der Waals surface area (Å²) < 4.78 is 13.2. The van der Waals surface area contributed by atoms with E-state index in [-0.39, 0.29) is 17.6 Å². The van der Waals surface area contributed by atoms with Gasteiger partial charge >= 0.3 is 0 Å². The van der Waals surface area contributed by atoms with E-state index >= 15 is 0 Å². The Hall–Kier alpha value is -2.90. The highest BCUT2D eigenvalue weighted by Crippen LogP contribution is 2.33.